The number of nitrogens with two attached hydrogens (primary N) is 1. The molecule has 228 valence electrons. The second kappa shape index (κ2) is 13.7. The molecule has 0 amide bonds. The van der Waals surface area contributed by atoms with E-state index in [9.17, 15) is 23.1 Å². The summed E-state index contributed by atoms with van der Waals surface area (Å²) in [7, 11) is 2.88. The molecular weight excluding hydrogens is 578 g/mol. The van der Waals surface area contributed by atoms with Gasteiger partial charge in [-0.05, 0) is 24.1 Å². The number of carbonyl (C=O) groups is 1. The highest BCUT2D eigenvalue weighted by Crippen LogP contribution is 2.36. The largest absolute Gasteiger partial charge is 0.493 e. The SMILES string of the molecule is COc1cc(F)c(C(Cc2ccc(C(=N)N)cc2)c2nn(-c3ccccc3CO)c(=O)[nH]2)cc1OC.O=C(O)C(F)(F)F. The van der Waals surface area contributed by atoms with Gasteiger partial charge in [-0.25, -0.2) is 14.0 Å². The molecule has 0 saturated heterocycles. The van der Waals surface area contributed by atoms with E-state index in [1.165, 1.54) is 26.4 Å². The van der Waals surface area contributed by atoms with E-state index >= 15 is 4.39 Å². The second-order valence-corrected chi connectivity index (χ2v) is 8.91. The maximum absolute atomic E-state index is 15.4. The first kappa shape index (κ1) is 32.3. The molecule has 6 N–H and O–H groups in total. The Balaban J connectivity index is 0.000000646. The maximum atomic E-state index is 15.4. The van der Waals surface area contributed by atoms with E-state index in [0.717, 1.165) is 10.2 Å². The summed E-state index contributed by atoms with van der Waals surface area (Å²) in [6, 6.07) is 16.6. The van der Waals surface area contributed by atoms with Crippen molar-refractivity contribution in [2.75, 3.05) is 14.2 Å². The number of amidine groups is 1. The summed E-state index contributed by atoms with van der Waals surface area (Å²) >= 11 is 0. The fraction of sp³-hybridized carbons (Fsp3) is 0.214. The lowest BCUT2D eigenvalue weighted by Crippen LogP contribution is -2.21. The minimum absolute atomic E-state index is 0.0605. The number of nitrogen functional groups attached to an aromatic ring is 1. The molecule has 0 radical (unpaired) electrons. The number of benzene rings is 3. The van der Waals surface area contributed by atoms with E-state index < -0.39 is 29.6 Å². The number of alkyl halides is 3. The van der Waals surface area contributed by atoms with Gasteiger partial charge in [0.25, 0.3) is 0 Å². The summed E-state index contributed by atoms with van der Waals surface area (Å²) in [5.41, 5.74) is 7.60. The molecule has 15 heteroatoms. The van der Waals surface area contributed by atoms with Crippen molar-refractivity contribution >= 4 is 11.8 Å². The second-order valence-electron chi connectivity index (χ2n) is 8.91. The van der Waals surface area contributed by atoms with E-state index in [4.69, 9.17) is 30.5 Å². The summed E-state index contributed by atoms with van der Waals surface area (Å²) in [6.07, 6.45) is -4.81. The third-order valence-electron chi connectivity index (χ3n) is 6.18. The third-order valence-corrected chi connectivity index (χ3v) is 6.18. The number of methoxy groups -OCH3 is 2. The van der Waals surface area contributed by atoms with Crippen molar-refractivity contribution in [3.05, 3.63) is 105 Å². The number of nitrogens with one attached hydrogen (secondary N) is 2. The van der Waals surface area contributed by atoms with Crippen LogP contribution in [0.4, 0.5) is 17.6 Å². The Labute approximate surface area is 241 Å². The minimum atomic E-state index is -5.08. The number of rotatable bonds is 9. The predicted molar refractivity (Wildman–Crippen MR) is 146 cm³/mol. The van der Waals surface area contributed by atoms with E-state index in [0.29, 0.717) is 22.6 Å². The van der Waals surface area contributed by atoms with Crippen LogP contribution in [0.25, 0.3) is 5.69 Å². The van der Waals surface area contributed by atoms with Crippen LogP contribution in [-0.2, 0) is 17.8 Å². The molecule has 1 unspecified atom stereocenters. The fourth-order valence-corrected chi connectivity index (χ4v) is 4.06. The molecule has 0 fully saturated rings. The summed E-state index contributed by atoms with van der Waals surface area (Å²) in [4.78, 5) is 24.6. The average Bonchev–Trinajstić information content (AvgIpc) is 3.36. The van der Waals surface area contributed by atoms with Crippen molar-refractivity contribution in [3.63, 3.8) is 0 Å². The molecule has 4 aromatic rings. The van der Waals surface area contributed by atoms with Crippen LogP contribution in [0.5, 0.6) is 11.5 Å². The summed E-state index contributed by atoms with van der Waals surface area (Å²) in [5.74, 6) is -3.28. The number of para-hydroxylation sites is 1. The minimum Gasteiger partial charge on any atom is -0.493 e. The lowest BCUT2D eigenvalue weighted by molar-refractivity contribution is -0.192. The van der Waals surface area contributed by atoms with E-state index in [1.54, 1.807) is 48.5 Å². The number of aliphatic hydroxyl groups is 1. The molecule has 0 aliphatic carbocycles. The van der Waals surface area contributed by atoms with Crippen molar-refractivity contribution in [1.29, 1.82) is 5.41 Å². The molecule has 0 spiro atoms. The molecule has 1 aromatic heterocycles. The van der Waals surface area contributed by atoms with Crippen LogP contribution in [0, 0.1) is 11.2 Å². The number of ether oxygens (including phenoxy) is 2. The number of nitrogens with zero attached hydrogens (tertiary/aromatic N) is 2. The van der Waals surface area contributed by atoms with Crippen molar-refractivity contribution in [3.8, 4) is 17.2 Å². The molecule has 43 heavy (non-hydrogen) atoms. The summed E-state index contributed by atoms with van der Waals surface area (Å²) < 4.78 is 58.9. The predicted octanol–water partition coefficient (Wildman–Crippen LogP) is 3.50. The molecular formula is C28H27F4N5O6. The number of carboxylic acids is 1. The van der Waals surface area contributed by atoms with Gasteiger partial charge >= 0.3 is 17.8 Å². The Hall–Kier alpha value is -5.18. The van der Waals surface area contributed by atoms with Crippen LogP contribution in [0.15, 0.2) is 65.5 Å². The number of carboxylic acid groups (broad SMARTS) is 1. The number of H-pyrrole nitrogens is 1. The summed E-state index contributed by atoms with van der Waals surface area (Å²) in [5, 5.41) is 28.9. The normalized spacial score (nSPS) is 11.7. The van der Waals surface area contributed by atoms with Crippen molar-refractivity contribution < 1.29 is 42.0 Å². The van der Waals surface area contributed by atoms with Gasteiger partial charge in [-0.1, -0.05) is 42.5 Å². The topological polar surface area (TPSA) is 177 Å². The van der Waals surface area contributed by atoms with Gasteiger partial charge < -0.3 is 25.4 Å². The number of halogens is 4. The van der Waals surface area contributed by atoms with Gasteiger partial charge in [0.2, 0.25) is 0 Å². The summed E-state index contributed by atoms with van der Waals surface area (Å²) in [6.45, 7) is -0.277. The van der Waals surface area contributed by atoms with Gasteiger partial charge in [0.05, 0.1) is 32.4 Å². The molecule has 1 atom stereocenters. The van der Waals surface area contributed by atoms with Crippen molar-refractivity contribution in [2.45, 2.75) is 25.1 Å². The van der Waals surface area contributed by atoms with Crippen LogP contribution in [-0.4, -0.2) is 57.2 Å². The standard InChI is InChI=1S/C26H26FN5O4.C2HF3O2/c1-35-22-12-18(20(27)13-23(22)36-2)19(11-15-7-9-16(10-8-15)24(28)29)25-30-26(34)32(31-25)21-6-4-3-5-17(21)14-33;3-2(4,5)1(6)7/h3-10,12-13,19,33H,11,14H2,1-2H3,(H3,28,29)(H,30,31,34);(H,6,7). The fourth-order valence-electron chi connectivity index (χ4n) is 4.06. The van der Waals surface area contributed by atoms with Gasteiger partial charge in [0.15, 0.2) is 11.5 Å². The first-order valence-electron chi connectivity index (χ1n) is 12.3. The number of aromatic amines is 1. The Bertz CT molecular complexity index is 1650. The highest BCUT2D eigenvalue weighted by atomic mass is 19.4. The van der Waals surface area contributed by atoms with Crippen LogP contribution in [0.3, 0.4) is 0 Å². The van der Waals surface area contributed by atoms with Crippen molar-refractivity contribution in [1.82, 2.24) is 14.8 Å². The highest BCUT2D eigenvalue weighted by molar-refractivity contribution is 5.94. The maximum Gasteiger partial charge on any atom is 0.490 e. The Morgan fingerprint density at radius 1 is 1.09 bits per heavy atom. The first-order valence-corrected chi connectivity index (χ1v) is 12.3. The molecule has 0 aliphatic rings. The zero-order chi connectivity index (χ0) is 31.9. The van der Waals surface area contributed by atoms with Gasteiger partial charge in [0, 0.05) is 22.8 Å². The van der Waals surface area contributed by atoms with Gasteiger partial charge in [-0.15, -0.1) is 5.10 Å². The van der Waals surface area contributed by atoms with Gasteiger partial charge in [-0.2, -0.15) is 17.9 Å². The molecule has 0 aliphatic heterocycles. The quantitative estimate of drug-likeness (QED) is 0.109. The number of hydrogen-bond acceptors (Lipinski definition) is 7. The average molecular weight is 606 g/mol. The molecule has 0 saturated carbocycles. The van der Waals surface area contributed by atoms with Gasteiger partial charge in [0.1, 0.15) is 17.5 Å². The first-order chi connectivity index (χ1) is 20.3. The molecule has 0 bridgehead atoms. The molecule has 4 rings (SSSR count). The van der Waals surface area contributed by atoms with Crippen LogP contribution in [0.1, 0.15) is 34.0 Å². The zero-order valence-electron chi connectivity index (χ0n) is 22.8. The highest BCUT2D eigenvalue weighted by Gasteiger charge is 2.38. The number of aromatic nitrogens is 3. The monoisotopic (exact) mass is 605 g/mol. The lowest BCUT2D eigenvalue weighted by Gasteiger charge is -2.18. The Kier molecular flexibility index (Phi) is 10.3. The molecule has 11 nitrogen and oxygen atoms in total. The smallest absolute Gasteiger partial charge is 0.490 e. The zero-order valence-corrected chi connectivity index (χ0v) is 22.8. The number of aliphatic carboxylic acids is 1. The van der Waals surface area contributed by atoms with E-state index in [2.05, 4.69) is 10.1 Å². The number of hydrogen-bond donors (Lipinski definition) is 5. The molecule has 3 aromatic carbocycles. The van der Waals surface area contributed by atoms with Crippen LogP contribution < -0.4 is 20.9 Å². The number of aliphatic hydroxyl groups excluding tert-OH is 1. The third kappa shape index (κ3) is 7.77. The Morgan fingerprint density at radius 2 is 1.67 bits per heavy atom. The molecule has 1 heterocycles. The van der Waals surface area contributed by atoms with Crippen molar-refractivity contribution in [2.24, 2.45) is 5.73 Å². The lowest BCUT2D eigenvalue weighted by atomic mass is 9.90. The van der Waals surface area contributed by atoms with E-state index in [-0.39, 0.29) is 36.0 Å². The van der Waals surface area contributed by atoms with Crippen LogP contribution in [0.2, 0.25) is 0 Å². The van der Waals surface area contributed by atoms with Gasteiger partial charge in [-0.3, -0.25) is 10.4 Å². The van der Waals surface area contributed by atoms with E-state index in [1.807, 2.05) is 0 Å². The Morgan fingerprint density at radius 3 is 2.21 bits per heavy atom. The van der Waals surface area contributed by atoms with Crippen LogP contribution >= 0.6 is 0 Å².